The molecule has 0 aromatic heterocycles. The molecule has 0 spiro atoms. The normalized spacial score (nSPS) is 30.6. The van der Waals surface area contributed by atoms with Gasteiger partial charge in [-0.25, -0.2) is 0 Å². The van der Waals surface area contributed by atoms with Crippen LogP contribution >= 0.6 is 0 Å². The van der Waals surface area contributed by atoms with Crippen LogP contribution in [0, 0.1) is 25.7 Å². The van der Waals surface area contributed by atoms with Crippen LogP contribution in [0.1, 0.15) is 56.8 Å². The first-order valence-electron chi connectivity index (χ1n) is 8.41. The molecule has 1 aromatic carbocycles. The summed E-state index contributed by atoms with van der Waals surface area (Å²) in [6.07, 6.45) is 1.82. The van der Waals surface area contributed by atoms with E-state index in [4.69, 9.17) is 4.74 Å². The van der Waals surface area contributed by atoms with E-state index in [1.54, 1.807) is 0 Å². The van der Waals surface area contributed by atoms with Crippen molar-refractivity contribution in [2.75, 3.05) is 6.54 Å². The van der Waals surface area contributed by atoms with Crippen molar-refractivity contribution in [3.63, 3.8) is 0 Å². The zero-order valence-electron chi connectivity index (χ0n) is 14.4. The van der Waals surface area contributed by atoms with Gasteiger partial charge in [0.05, 0.1) is 12.2 Å². The number of aryl methyl sites for hydroxylation is 2. The summed E-state index contributed by atoms with van der Waals surface area (Å²) in [5.74, 6) is 1.11. The molecule has 118 valence electrons. The second-order valence-electron chi connectivity index (χ2n) is 6.77. The molecule has 1 N–H and O–H groups in total. The van der Waals surface area contributed by atoms with Gasteiger partial charge >= 0.3 is 0 Å². The summed E-state index contributed by atoms with van der Waals surface area (Å²) in [6, 6.07) is 7.23. The van der Waals surface area contributed by atoms with Crippen molar-refractivity contribution in [3.8, 4) is 0 Å². The summed E-state index contributed by atoms with van der Waals surface area (Å²) in [5, 5.41) is 3.79. The van der Waals surface area contributed by atoms with Gasteiger partial charge in [0, 0.05) is 12.0 Å². The van der Waals surface area contributed by atoms with Crippen LogP contribution < -0.4 is 5.32 Å². The number of hydrogen-bond acceptors (Lipinski definition) is 2. The quantitative estimate of drug-likeness (QED) is 0.867. The van der Waals surface area contributed by atoms with Gasteiger partial charge in [-0.1, -0.05) is 37.6 Å². The maximum Gasteiger partial charge on any atom is 0.0600 e. The first kappa shape index (κ1) is 16.5. The Morgan fingerprint density at radius 3 is 2.38 bits per heavy atom. The smallest absolute Gasteiger partial charge is 0.0600 e. The van der Waals surface area contributed by atoms with Gasteiger partial charge in [0.2, 0.25) is 0 Å². The third-order valence-electron chi connectivity index (χ3n) is 5.08. The van der Waals surface area contributed by atoms with E-state index in [2.05, 4.69) is 65.1 Å². The minimum Gasteiger partial charge on any atom is -0.375 e. The van der Waals surface area contributed by atoms with Crippen molar-refractivity contribution in [2.45, 2.75) is 66.2 Å². The SMILES string of the molecule is CCCNC(c1ccc(C)cc1C)C1C(C)OC(C)C1C. The molecule has 0 amide bonds. The van der Waals surface area contributed by atoms with Crippen LogP contribution in [0.15, 0.2) is 18.2 Å². The third kappa shape index (κ3) is 3.49. The molecule has 0 bridgehead atoms. The molecule has 5 unspecified atom stereocenters. The highest BCUT2D eigenvalue weighted by Crippen LogP contribution is 2.41. The molecule has 1 aromatic rings. The van der Waals surface area contributed by atoms with Crippen molar-refractivity contribution >= 4 is 0 Å². The van der Waals surface area contributed by atoms with Gasteiger partial charge in [-0.15, -0.1) is 0 Å². The summed E-state index contributed by atoms with van der Waals surface area (Å²) in [4.78, 5) is 0. The van der Waals surface area contributed by atoms with Gasteiger partial charge in [-0.05, 0) is 57.7 Å². The molecular formula is C19H31NO. The fourth-order valence-corrected chi connectivity index (χ4v) is 3.80. The van der Waals surface area contributed by atoms with Gasteiger partial charge in [-0.2, -0.15) is 0 Å². The zero-order chi connectivity index (χ0) is 15.6. The minimum absolute atomic E-state index is 0.310. The highest BCUT2D eigenvalue weighted by molar-refractivity contribution is 5.33. The van der Waals surface area contributed by atoms with Crippen molar-refractivity contribution in [1.82, 2.24) is 5.32 Å². The first-order chi connectivity index (χ1) is 9.95. The fraction of sp³-hybridized carbons (Fsp3) is 0.684. The number of rotatable bonds is 5. The molecule has 1 aliphatic rings. The maximum absolute atomic E-state index is 6.09. The molecule has 2 nitrogen and oxygen atoms in total. The Labute approximate surface area is 130 Å². The van der Waals surface area contributed by atoms with E-state index in [9.17, 15) is 0 Å². The standard InChI is InChI=1S/C19H31NO/c1-7-10-20-19(17-9-8-12(2)11-13(17)3)18-14(4)15(5)21-16(18)6/h8-9,11,14-16,18-20H,7,10H2,1-6H3. The molecule has 2 heteroatoms. The van der Waals surface area contributed by atoms with Crippen molar-refractivity contribution in [2.24, 2.45) is 11.8 Å². The lowest BCUT2D eigenvalue weighted by molar-refractivity contribution is 0.0475. The summed E-state index contributed by atoms with van der Waals surface area (Å²) < 4.78 is 6.09. The number of hydrogen-bond donors (Lipinski definition) is 1. The molecule has 0 radical (unpaired) electrons. The molecule has 5 atom stereocenters. The number of nitrogens with one attached hydrogen (secondary N) is 1. The van der Waals surface area contributed by atoms with Gasteiger partial charge in [0.25, 0.3) is 0 Å². The van der Waals surface area contributed by atoms with E-state index in [0.717, 1.165) is 13.0 Å². The second kappa shape index (κ2) is 6.93. The van der Waals surface area contributed by atoms with Crippen LogP contribution in [0.3, 0.4) is 0 Å². The van der Waals surface area contributed by atoms with Crippen LogP contribution in [0.2, 0.25) is 0 Å². The molecule has 0 saturated carbocycles. The predicted octanol–water partition coefficient (Wildman–Crippen LogP) is 4.40. The Balaban J connectivity index is 2.33. The first-order valence-corrected chi connectivity index (χ1v) is 8.41. The molecule has 1 saturated heterocycles. The van der Waals surface area contributed by atoms with Crippen LogP contribution in [0.4, 0.5) is 0 Å². The van der Waals surface area contributed by atoms with E-state index in [1.807, 2.05) is 0 Å². The Morgan fingerprint density at radius 2 is 1.86 bits per heavy atom. The molecule has 1 heterocycles. The maximum atomic E-state index is 6.09. The van der Waals surface area contributed by atoms with E-state index in [-0.39, 0.29) is 0 Å². The molecule has 1 aliphatic heterocycles. The monoisotopic (exact) mass is 289 g/mol. The molecular weight excluding hydrogens is 258 g/mol. The number of benzene rings is 1. The lowest BCUT2D eigenvalue weighted by Gasteiger charge is -2.31. The summed E-state index contributed by atoms with van der Waals surface area (Å²) in [5.41, 5.74) is 4.17. The van der Waals surface area contributed by atoms with Crippen molar-refractivity contribution in [3.05, 3.63) is 34.9 Å². The summed E-state index contributed by atoms with van der Waals surface area (Å²) in [6.45, 7) is 14.5. The Kier molecular flexibility index (Phi) is 5.45. The highest BCUT2D eigenvalue weighted by atomic mass is 16.5. The van der Waals surface area contributed by atoms with Crippen LogP contribution in [-0.4, -0.2) is 18.8 Å². The fourth-order valence-electron chi connectivity index (χ4n) is 3.80. The molecule has 1 fully saturated rings. The lowest BCUT2D eigenvalue weighted by atomic mass is 9.79. The second-order valence-corrected chi connectivity index (χ2v) is 6.77. The number of ether oxygens (including phenoxy) is 1. The topological polar surface area (TPSA) is 21.3 Å². The van der Waals surface area contributed by atoms with Gasteiger partial charge in [-0.3, -0.25) is 0 Å². The highest BCUT2D eigenvalue weighted by Gasteiger charge is 2.42. The average Bonchev–Trinajstić information content (AvgIpc) is 2.67. The van der Waals surface area contributed by atoms with Crippen LogP contribution in [0.5, 0.6) is 0 Å². The zero-order valence-corrected chi connectivity index (χ0v) is 14.4. The predicted molar refractivity (Wildman–Crippen MR) is 89.6 cm³/mol. The minimum atomic E-state index is 0.310. The van der Waals surface area contributed by atoms with Crippen molar-refractivity contribution in [1.29, 1.82) is 0 Å². The average molecular weight is 289 g/mol. The van der Waals surface area contributed by atoms with Gasteiger partial charge in [0.1, 0.15) is 0 Å². The van der Waals surface area contributed by atoms with E-state index < -0.39 is 0 Å². The van der Waals surface area contributed by atoms with Crippen LogP contribution in [-0.2, 0) is 4.74 Å². The summed E-state index contributed by atoms with van der Waals surface area (Å²) in [7, 11) is 0. The van der Waals surface area contributed by atoms with Crippen molar-refractivity contribution < 1.29 is 4.74 Å². The van der Waals surface area contributed by atoms with Gasteiger partial charge < -0.3 is 10.1 Å². The van der Waals surface area contributed by atoms with E-state index >= 15 is 0 Å². The largest absolute Gasteiger partial charge is 0.375 e. The lowest BCUT2D eigenvalue weighted by Crippen LogP contribution is -2.35. The van der Waals surface area contributed by atoms with Crippen LogP contribution in [0.25, 0.3) is 0 Å². The molecule has 2 rings (SSSR count). The molecule has 0 aliphatic carbocycles. The van der Waals surface area contributed by atoms with E-state index in [1.165, 1.54) is 16.7 Å². The Hall–Kier alpha value is -0.860. The Morgan fingerprint density at radius 1 is 1.14 bits per heavy atom. The van der Waals surface area contributed by atoms with Gasteiger partial charge in [0.15, 0.2) is 0 Å². The van der Waals surface area contributed by atoms with E-state index in [0.29, 0.717) is 30.1 Å². The molecule has 21 heavy (non-hydrogen) atoms. The third-order valence-corrected chi connectivity index (χ3v) is 5.08. The Bertz CT molecular complexity index is 471. The summed E-state index contributed by atoms with van der Waals surface area (Å²) >= 11 is 0.